The Morgan fingerprint density at radius 1 is 0.821 bits per heavy atom. The van der Waals surface area contributed by atoms with E-state index in [0.717, 1.165) is 6.42 Å². The molecule has 1 atom stereocenters. The summed E-state index contributed by atoms with van der Waals surface area (Å²) in [6, 6.07) is 22.5. The van der Waals surface area contributed by atoms with E-state index < -0.39 is 0 Å². The average molecular weight is 409 g/mol. The molecule has 148 valence electrons. The minimum atomic E-state index is -0.337. The van der Waals surface area contributed by atoms with Crippen LogP contribution in [0, 0.1) is 5.41 Å². The van der Waals surface area contributed by atoms with Crippen molar-refractivity contribution < 1.29 is 0 Å². The molecule has 0 N–H and O–H groups in total. The molecule has 0 heterocycles. The van der Waals surface area contributed by atoms with E-state index in [1.807, 2.05) is 0 Å². The highest BCUT2D eigenvalue weighted by atomic mass is 31.1. The number of benzene rings is 2. The van der Waals surface area contributed by atoms with Crippen molar-refractivity contribution in [2.24, 2.45) is 5.41 Å². The molecular weight excluding hydrogens is 374 g/mol. The van der Waals surface area contributed by atoms with Crippen molar-refractivity contribution in [1.29, 1.82) is 0 Å². The Morgan fingerprint density at radius 2 is 1.39 bits per heavy atom. The van der Waals surface area contributed by atoms with Gasteiger partial charge < -0.3 is 0 Å². The third-order valence-electron chi connectivity index (χ3n) is 5.68. The summed E-state index contributed by atoms with van der Waals surface area (Å²) >= 11 is 0. The highest BCUT2D eigenvalue weighted by Gasteiger charge is 2.32. The van der Waals surface area contributed by atoms with E-state index in [1.165, 1.54) is 41.7 Å². The second-order valence-electron chi connectivity index (χ2n) is 8.16. The lowest BCUT2D eigenvalue weighted by Crippen LogP contribution is -2.30. The van der Waals surface area contributed by atoms with E-state index in [0.29, 0.717) is 5.41 Å². The first-order chi connectivity index (χ1) is 13.6. The van der Waals surface area contributed by atoms with Gasteiger partial charge in [-0.2, -0.15) is 0 Å². The van der Waals surface area contributed by atoms with Crippen LogP contribution >= 0.6 is 15.8 Å². The van der Waals surface area contributed by atoms with Gasteiger partial charge in [-0.25, -0.2) is 0 Å². The van der Waals surface area contributed by atoms with Gasteiger partial charge in [0.15, 0.2) is 0 Å². The number of hydrogen-bond donors (Lipinski definition) is 0. The molecule has 0 spiro atoms. The largest absolute Gasteiger partial charge is 0.107 e. The van der Waals surface area contributed by atoms with Crippen LogP contribution in [-0.4, -0.2) is 24.6 Å². The first-order valence-electron chi connectivity index (χ1n) is 10.6. The standard InChI is InChI=1S/C26H34P2/c1-4-27(5-2)21-26(3,20-23-14-12-13-15-23)22-28(24-16-8-6-9-17-24)25-18-10-7-11-19-25/h6-14,16-19H,4-5,15,20-22H2,1-3H3. The molecule has 0 amide bonds. The first kappa shape index (κ1) is 21.5. The van der Waals surface area contributed by atoms with E-state index in [4.69, 9.17) is 0 Å². The van der Waals surface area contributed by atoms with Gasteiger partial charge in [0.1, 0.15) is 0 Å². The van der Waals surface area contributed by atoms with Crippen molar-refractivity contribution >= 4 is 26.5 Å². The summed E-state index contributed by atoms with van der Waals surface area (Å²) in [6.07, 6.45) is 14.7. The third kappa shape index (κ3) is 5.89. The van der Waals surface area contributed by atoms with Crippen LogP contribution in [0.5, 0.6) is 0 Å². The summed E-state index contributed by atoms with van der Waals surface area (Å²) in [6.45, 7) is 7.36. The van der Waals surface area contributed by atoms with Gasteiger partial charge in [0.2, 0.25) is 0 Å². The third-order valence-corrected chi connectivity index (χ3v) is 11.6. The average Bonchev–Trinajstić information content (AvgIpc) is 3.24. The summed E-state index contributed by atoms with van der Waals surface area (Å²) in [5, 5.41) is 3.04. The van der Waals surface area contributed by atoms with Crippen molar-refractivity contribution in [3.8, 4) is 0 Å². The summed E-state index contributed by atoms with van der Waals surface area (Å²) in [7, 11) is -0.207. The van der Waals surface area contributed by atoms with E-state index in [-0.39, 0.29) is 15.8 Å². The van der Waals surface area contributed by atoms with Crippen LogP contribution in [0.2, 0.25) is 0 Å². The minimum Gasteiger partial charge on any atom is -0.107 e. The second kappa shape index (κ2) is 10.5. The molecule has 1 unspecified atom stereocenters. The maximum atomic E-state index is 2.58. The molecule has 2 heteroatoms. The van der Waals surface area contributed by atoms with Crippen molar-refractivity contribution in [2.75, 3.05) is 24.6 Å². The van der Waals surface area contributed by atoms with E-state index in [9.17, 15) is 0 Å². The zero-order valence-electron chi connectivity index (χ0n) is 17.6. The lowest BCUT2D eigenvalue weighted by Gasteiger charge is -2.37. The van der Waals surface area contributed by atoms with Crippen LogP contribution < -0.4 is 10.6 Å². The normalized spacial score (nSPS) is 15.8. The monoisotopic (exact) mass is 408 g/mol. The summed E-state index contributed by atoms with van der Waals surface area (Å²) in [5.74, 6) is 0. The van der Waals surface area contributed by atoms with Crippen LogP contribution in [0.25, 0.3) is 0 Å². The lowest BCUT2D eigenvalue weighted by molar-refractivity contribution is 0.423. The van der Waals surface area contributed by atoms with Gasteiger partial charge in [0.25, 0.3) is 0 Å². The van der Waals surface area contributed by atoms with Crippen molar-refractivity contribution in [2.45, 2.75) is 33.6 Å². The van der Waals surface area contributed by atoms with Crippen LogP contribution in [-0.2, 0) is 0 Å². The molecule has 2 aromatic carbocycles. The smallest absolute Gasteiger partial charge is 0.0132 e. The molecule has 1 aliphatic rings. The molecule has 2 aromatic rings. The molecule has 0 bridgehead atoms. The van der Waals surface area contributed by atoms with Gasteiger partial charge in [0.05, 0.1) is 0 Å². The molecule has 0 fully saturated rings. The van der Waals surface area contributed by atoms with Gasteiger partial charge in [-0.3, -0.25) is 0 Å². The molecule has 0 aliphatic heterocycles. The summed E-state index contributed by atoms with van der Waals surface area (Å²) < 4.78 is 0. The maximum absolute atomic E-state index is 2.58. The van der Waals surface area contributed by atoms with Crippen LogP contribution in [0.4, 0.5) is 0 Å². The summed E-state index contributed by atoms with van der Waals surface area (Å²) in [5.41, 5.74) is 1.99. The molecule has 0 saturated carbocycles. The Labute approximate surface area is 174 Å². The van der Waals surface area contributed by atoms with Crippen LogP contribution in [0.1, 0.15) is 33.6 Å². The minimum absolute atomic E-state index is 0.130. The van der Waals surface area contributed by atoms with Gasteiger partial charge in [-0.1, -0.05) is 105 Å². The number of hydrogen-bond acceptors (Lipinski definition) is 0. The Kier molecular flexibility index (Phi) is 8.08. The topological polar surface area (TPSA) is 0 Å². The van der Waals surface area contributed by atoms with Gasteiger partial charge >= 0.3 is 0 Å². The highest BCUT2D eigenvalue weighted by molar-refractivity contribution is 7.73. The molecule has 1 aliphatic carbocycles. The Morgan fingerprint density at radius 3 is 1.86 bits per heavy atom. The fourth-order valence-corrected chi connectivity index (χ4v) is 9.34. The van der Waals surface area contributed by atoms with Crippen molar-refractivity contribution in [3.05, 3.63) is 84.5 Å². The quantitative estimate of drug-likeness (QED) is 0.374. The molecule has 28 heavy (non-hydrogen) atoms. The van der Waals surface area contributed by atoms with E-state index >= 15 is 0 Å². The van der Waals surface area contributed by atoms with Gasteiger partial charge in [-0.15, -0.1) is 7.92 Å². The van der Waals surface area contributed by atoms with Crippen molar-refractivity contribution in [3.63, 3.8) is 0 Å². The van der Waals surface area contributed by atoms with Crippen LogP contribution in [0.3, 0.4) is 0 Å². The number of allylic oxidation sites excluding steroid dienone is 4. The van der Waals surface area contributed by atoms with Gasteiger partial charge in [0, 0.05) is 0 Å². The van der Waals surface area contributed by atoms with E-state index in [1.54, 1.807) is 5.57 Å². The number of rotatable bonds is 10. The fraction of sp³-hybridized carbons (Fsp3) is 0.385. The molecule has 0 nitrogen and oxygen atoms in total. The highest BCUT2D eigenvalue weighted by Crippen LogP contribution is 2.50. The zero-order chi connectivity index (χ0) is 19.8. The zero-order valence-corrected chi connectivity index (χ0v) is 19.4. The molecule has 0 saturated heterocycles. The first-order valence-corrected chi connectivity index (χ1v) is 14.0. The maximum Gasteiger partial charge on any atom is -0.0132 e. The van der Waals surface area contributed by atoms with Crippen molar-refractivity contribution in [1.82, 2.24) is 0 Å². The summed E-state index contributed by atoms with van der Waals surface area (Å²) in [4.78, 5) is 0. The Bertz CT molecular complexity index is 735. The fourth-order valence-electron chi connectivity index (χ4n) is 4.25. The predicted molar refractivity (Wildman–Crippen MR) is 131 cm³/mol. The molecule has 3 rings (SSSR count). The molecular formula is C26H34P2. The Hall–Kier alpha value is -1.22. The predicted octanol–water partition coefficient (Wildman–Crippen LogP) is 6.92. The lowest BCUT2D eigenvalue weighted by atomic mass is 9.87. The Balaban J connectivity index is 1.92. The second-order valence-corrected chi connectivity index (χ2v) is 13.3. The van der Waals surface area contributed by atoms with Gasteiger partial charge in [-0.05, 0) is 61.4 Å². The molecule has 0 radical (unpaired) electrons. The van der Waals surface area contributed by atoms with Crippen LogP contribution in [0.15, 0.2) is 84.5 Å². The van der Waals surface area contributed by atoms with E-state index in [2.05, 4.69) is 99.7 Å². The SMILES string of the molecule is CCP(CC)CC(C)(CC1=CC=CC1)CP(c1ccccc1)c1ccccc1. The molecule has 0 aromatic heterocycles.